The van der Waals surface area contributed by atoms with Crippen molar-refractivity contribution < 1.29 is 9.22 Å². The van der Waals surface area contributed by atoms with E-state index in [-0.39, 0.29) is 18.3 Å². The number of ether oxygens (including phenoxy) is 1. The van der Waals surface area contributed by atoms with Gasteiger partial charge < -0.3 is 10.1 Å². The summed E-state index contributed by atoms with van der Waals surface area (Å²) >= 11 is 0. The van der Waals surface area contributed by atoms with Crippen LogP contribution >= 0.6 is 0 Å². The third-order valence-electron chi connectivity index (χ3n) is 3.63. The minimum atomic E-state index is -0.0754. The SMILES string of the molecule is C=CN(F)C(=NC)Nc1c(C)ncn1C1CCC(CC)O1. The van der Waals surface area contributed by atoms with Crippen molar-refractivity contribution in [2.45, 2.75) is 45.4 Å². The number of imidazole rings is 1. The number of anilines is 1. The van der Waals surface area contributed by atoms with Gasteiger partial charge >= 0.3 is 0 Å². The molecule has 1 saturated heterocycles. The van der Waals surface area contributed by atoms with E-state index >= 15 is 0 Å². The Morgan fingerprint density at radius 3 is 3.05 bits per heavy atom. The van der Waals surface area contributed by atoms with E-state index in [4.69, 9.17) is 4.74 Å². The second-order valence-electron chi connectivity index (χ2n) is 4.95. The van der Waals surface area contributed by atoms with E-state index in [2.05, 4.69) is 28.8 Å². The van der Waals surface area contributed by atoms with Crippen molar-refractivity contribution in [3.05, 3.63) is 24.8 Å². The lowest BCUT2D eigenvalue weighted by molar-refractivity contribution is 0.00198. The molecule has 0 amide bonds. The van der Waals surface area contributed by atoms with Crippen molar-refractivity contribution in [3.63, 3.8) is 0 Å². The Hall–Kier alpha value is -1.89. The first-order chi connectivity index (χ1) is 10.1. The van der Waals surface area contributed by atoms with E-state index in [0.717, 1.165) is 31.2 Å². The number of aromatic nitrogens is 2. The van der Waals surface area contributed by atoms with Crippen LogP contribution in [0.2, 0.25) is 0 Å². The van der Waals surface area contributed by atoms with Gasteiger partial charge in [-0.3, -0.25) is 9.56 Å². The topological polar surface area (TPSA) is 54.7 Å². The molecular weight excluding hydrogens is 273 g/mol. The van der Waals surface area contributed by atoms with Crippen molar-refractivity contribution in [2.75, 3.05) is 12.4 Å². The van der Waals surface area contributed by atoms with Gasteiger partial charge in [0.2, 0.25) is 5.96 Å². The van der Waals surface area contributed by atoms with Crippen molar-refractivity contribution in [3.8, 4) is 0 Å². The Kier molecular flexibility index (Phi) is 4.95. The molecule has 1 aromatic rings. The Labute approximate surface area is 124 Å². The third kappa shape index (κ3) is 3.24. The fraction of sp³-hybridized carbons (Fsp3) is 0.571. The van der Waals surface area contributed by atoms with E-state index in [1.54, 1.807) is 6.33 Å². The quantitative estimate of drug-likeness (QED) is 0.527. The summed E-state index contributed by atoms with van der Waals surface area (Å²) in [6, 6.07) is 0. The van der Waals surface area contributed by atoms with Gasteiger partial charge in [0.1, 0.15) is 12.0 Å². The average molecular weight is 295 g/mol. The highest BCUT2D eigenvalue weighted by Crippen LogP contribution is 2.32. The van der Waals surface area contributed by atoms with Crippen LogP contribution in [0.4, 0.5) is 10.3 Å². The maximum Gasteiger partial charge on any atom is 0.232 e. The predicted octanol–water partition coefficient (Wildman–Crippen LogP) is 3.01. The number of aliphatic imine (C=N–C) groups is 1. The highest BCUT2D eigenvalue weighted by Gasteiger charge is 2.27. The standard InChI is InChI=1S/C14H22FN5O/c1-5-11-7-8-12(21-11)19-9-17-10(3)13(19)18-14(16-4)20(15)6-2/h6,9,11-12H,2,5,7-8H2,1,3-4H3,(H,16,18). The van der Waals surface area contributed by atoms with Crippen LogP contribution in [0.1, 0.15) is 38.1 Å². The minimum Gasteiger partial charge on any atom is -0.355 e. The van der Waals surface area contributed by atoms with Crippen LogP contribution in [0, 0.1) is 6.92 Å². The number of nitrogens with one attached hydrogen (secondary N) is 1. The Balaban J connectivity index is 2.20. The van der Waals surface area contributed by atoms with Crippen LogP contribution in [0.3, 0.4) is 0 Å². The van der Waals surface area contributed by atoms with Gasteiger partial charge in [-0.15, -0.1) is 0 Å². The van der Waals surface area contributed by atoms with Gasteiger partial charge in [-0.1, -0.05) is 18.0 Å². The summed E-state index contributed by atoms with van der Waals surface area (Å²) in [5.74, 6) is 0.738. The maximum atomic E-state index is 13.6. The first-order valence-corrected chi connectivity index (χ1v) is 7.10. The second kappa shape index (κ2) is 6.71. The fourth-order valence-electron chi connectivity index (χ4n) is 2.42. The molecule has 2 heterocycles. The molecule has 7 heteroatoms. The molecule has 0 bridgehead atoms. The lowest BCUT2D eigenvalue weighted by Gasteiger charge is -2.19. The summed E-state index contributed by atoms with van der Waals surface area (Å²) in [7, 11) is 1.51. The van der Waals surface area contributed by atoms with E-state index in [1.807, 2.05) is 11.5 Å². The van der Waals surface area contributed by atoms with Crippen LogP contribution < -0.4 is 5.32 Å². The molecular formula is C14H22FN5O. The van der Waals surface area contributed by atoms with E-state index in [1.165, 1.54) is 7.05 Å². The summed E-state index contributed by atoms with van der Waals surface area (Å²) < 4.78 is 21.5. The minimum absolute atomic E-state index is 0.0555. The van der Waals surface area contributed by atoms with Crippen molar-refractivity contribution >= 4 is 11.8 Å². The van der Waals surface area contributed by atoms with Gasteiger partial charge in [-0.05, 0) is 26.2 Å². The van der Waals surface area contributed by atoms with Crippen LogP contribution in [0.5, 0.6) is 0 Å². The Bertz CT molecular complexity index is 527. The molecule has 1 aromatic heterocycles. The molecule has 2 atom stereocenters. The number of nitrogens with zero attached hydrogens (tertiary/aromatic N) is 4. The summed E-state index contributed by atoms with van der Waals surface area (Å²) in [4.78, 5) is 8.16. The lowest BCUT2D eigenvalue weighted by Crippen LogP contribution is -2.27. The average Bonchev–Trinajstić information content (AvgIpc) is 3.10. The van der Waals surface area contributed by atoms with Crippen LogP contribution in [0.15, 0.2) is 24.1 Å². The van der Waals surface area contributed by atoms with Crippen LogP contribution in [0.25, 0.3) is 0 Å². The molecule has 21 heavy (non-hydrogen) atoms. The number of aryl methyl sites for hydroxylation is 1. The normalized spacial score (nSPS) is 22.4. The first kappa shape index (κ1) is 15.5. The number of halogens is 1. The highest BCUT2D eigenvalue weighted by atomic mass is 19.2. The van der Waals surface area contributed by atoms with Gasteiger partial charge in [0.15, 0.2) is 0 Å². The molecule has 116 valence electrons. The predicted molar refractivity (Wildman–Crippen MR) is 80.5 cm³/mol. The number of hydrogen-bond donors (Lipinski definition) is 1. The van der Waals surface area contributed by atoms with Gasteiger partial charge in [0.05, 0.1) is 18.1 Å². The van der Waals surface area contributed by atoms with Crippen molar-refractivity contribution in [2.24, 2.45) is 4.99 Å². The molecule has 0 spiro atoms. The Morgan fingerprint density at radius 2 is 2.48 bits per heavy atom. The van der Waals surface area contributed by atoms with E-state index in [9.17, 15) is 4.48 Å². The van der Waals surface area contributed by atoms with Gasteiger partial charge in [-0.25, -0.2) is 4.98 Å². The van der Waals surface area contributed by atoms with Crippen LogP contribution in [-0.2, 0) is 4.74 Å². The first-order valence-electron chi connectivity index (χ1n) is 7.10. The van der Waals surface area contributed by atoms with Gasteiger partial charge in [-0.2, -0.15) is 5.12 Å². The lowest BCUT2D eigenvalue weighted by atomic mass is 10.2. The summed E-state index contributed by atoms with van der Waals surface area (Å²) in [5, 5.41) is 3.29. The molecule has 0 aliphatic carbocycles. The highest BCUT2D eigenvalue weighted by molar-refractivity contribution is 5.93. The summed E-state index contributed by atoms with van der Waals surface area (Å²) in [6.45, 7) is 7.35. The van der Waals surface area contributed by atoms with Crippen molar-refractivity contribution in [1.29, 1.82) is 0 Å². The molecule has 1 aliphatic heterocycles. The van der Waals surface area contributed by atoms with Crippen LogP contribution in [-0.4, -0.2) is 33.8 Å². The number of guanidine groups is 1. The fourth-order valence-corrected chi connectivity index (χ4v) is 2.42. The molecule has 1 fully saturated rings. The molecule has 0 radical (unpaired) electrons. The molecule has 2 rings (SSSR count). The zero-order valence-electron chi connectivity index (χ0n) is 12.7. The van der Waals surface area contributed by atoms with Gasteiger partial charge in [0.25, 0.3) is 0 Å². The zero-order valence-corrected chi connectivity index (χ0v) is 12.7. The number of rotatable bonds is 4. The molecule has 6 nitrogen and oxygen atoms in total. The monoisotopic (exact) mass is 295 g/mol. The third-order valence-corrected chi connectivity index (χ3v) is 3.63. The molecule has 0 saturated carbocycles. The zero-order chi connectivity index (χ0) is 15.4. The molecule has 1 N–H and O–H groups in total. The Morgan fingerprint density at radius 1 is 1.71 bits per heavy atom. The van der Waals surface area contributed by atoms with Gasteiger partial charge in [0, 0.05) is 13.2 Å². The van der Waals surface area contributed by atoms with Crippen molar-refractivity contribution in [1.82, 2.24) is 14.7 Å². The molecule has 1 aliphatic rings. The second-order valence-corrected chi connectivity index (χ2v) is 4.95. The van der Waals surface area contributed by atoms with E-state index in [0.29, 0.717) is 10.9 Å². The summed E-state index contributed by atoms with van der Waals surface area (Å²) in [5.41, 5.74) is 0.761. The summed E-state index contributed by atoms with van der Waals surface area (Å²) in [6.07, 6.45) is 5.89. The maximum absolute atomic E-state index is 13.6. The molecule has 2 unspecified atom stereocenters. The number of hydrogen-bond acceptors (Lipinski definition) is 3. The van der Waals surface area contributed by atoms with E-state index < -0.39 is 0 Å². The smallest absolute Gasteiger partial charge is 0.232 e. The largest absolute Gasteiger partial charge is 0.355 e. The molecule has 0 aromatic carbocycles.